The number of nitrogens with one attached hydrogen (secondary N) is 2. The summed E-state index contributed by atoms with van der Waals surface area (Å²) in [5, 5.41) is 5.44. The first-order valence-electron chi connectivity index (χ1n) is 8.12. The minimum atomic E-state index is -4.38. The molecule has 2 N–H and O–H groups in total. The molecule has 2 aromatic rings. The molecule has 2 amide bonds. The molecule has 6 heteroatoms. The number of urea groups is 1. The summed E-state index contributed by atoms with van der Waals surface area (Å²) in [7, 11) is 0. The molecule has 132 valence electrons. The fourth-order valence-electron chi connectivity index (χ4n) is 2.86. The van der Waals surface area contributed by atoms with E-state index in [1.54, 1.807) is 6.07 Å². The Balaban J connectivity index is 1.51. The van der Waals surface area contributed by atoms with Gasteiger partial charge in [-0.1, -0.05) is 42.5 Å². The second-order valence-corrected chi connectivity index (χ2v) is 6.38. The van der Waals surface area contributed by atoms with E-state index in [0.29, 0.717) is 12.1 Å². The smallest absolute Gasteiger partial charge is 0.337 e. The zero-order chi connectivity index (χ0) is 17.9. The monoisotopic (exact) mass is 348 g/mol. The molecule has 1 aliphatic rings. The first-order chi connectivity index (χ1) is 11.9. The lowest BCUT2D eigenvalue weighted by Gasteiger charge is -2.17. The molecule has 1 fully saturated rings. The van der Waals surface area contributed by atoms with Crippen molar-refractivity contribution in [3.8, 4) is 0 Å². The third kappa shape index (κ3) is 4.32. The Morgan fingerprint density at radius 2 is 1.72 bits per heavy atom. The number of alkyl halides is 3. The first kappa shape index (κ1) is 17.3. The summed E-state index contributed by atoms with van der Waals surface area (Å²) in [5.74, 6) is 0. The van der Waals surface area contributed by atoms with Gasteiger partial charge >= 0.3 is 12.2 Å². The van der Waals surface area contributed by atoms with Gasteiger partial charge in [0.05, 0.1) is 5.56 Å². The highest BCUT2D eigenvalue weighted by Crippen LogP contribution is 2.47. The average molecular weight is 348 g/mol. The molecule has 3 nitrogen and oxygen atoms in total. The molecule has 0 radical (unpaired) electrons. The first-order valence-corrected chi connectivity index (χ1v) is 8.12. The molecule has 3 rings (SSSR count). The molecule has 2 aromatic carbocycles. The zero-order valence-electron chi connectivity index (χ0n) is 13.6. The van der Waals surface area contributed by atoms with Gasteiger partial charge < -0.3 is 10.6 Å². The van der Waals surface area contributed by atoms with Crippen molar-refractivity contribution in [3.05, 3.63) is 71.3 Å². The normalized spacial score (nSPS) is 15.5. The van der Waals surface area contributed by atoms with E-state index in [1.807, 2.05) is 18.2 Å². The molecule has 0 bridgehead atoms. The Hall–Kier alpha value is -2.50. The van der Waals surface area contributed by atoms with Crippen LogP contribution in [0.4, 0.5) is 18.0 Å². The van der Waals surface area contributed by atoms with Crippen LogP contribution in [0.5, 0.6) is 0 Å². The van der Waals surface area contributed by atoms with Gasteiger partial charge in [0.2, 0.25) is 0 Å². The lowest BCUT2D eigenvalue weighted by molar-refractivity contribution is -0.137. The van der Waals surface area contributed by atoms with Crippen molar-refractivity contribution < 1.29 is 18.0 Å². The maximum absolute atomic E-state index is 12.7. The Morgan fingerprint density at radius 3 is 2.36 bits per heavy atom. The van der Waals surface area contributed by atoms with E-state index in [-0.39, 0.29) is 18.0 Å². The maximum atomic E-state index is 12.7. The lowest BCUT2D eigenvalue weighted by Crippen LogP contribution is -2.39. The van der Waals surface area contributed by atoms with E-state index >= 15 is 0 Å². The number of hydrogen-bond acceptors (Lipinski definition) is 1. The molecule has 0 spiro atoms. The largest absolute Gasteiger partial charge is 0.416 e. The number of amides is 2. The highest BCUT2D eigenvalue weighted by atomic mass is 19.4. The van der Waals surface area contributed by atoms with Gasteiger partial charge in [0.25, 0.3) is 0 Å². The fourth-order valence-corrected chi connectivity index (χ4v) is 2.86. The van der Waals surface area contributed by atoms with Gasteiger partial charge in [-0.05, 0) is 36.1 Å². The standard InChI is InChI=1S/C19H19F3N2O/c20-19(21,22)16-8-4-5-14(11-16)12-23-17(25)24-13-18(9-10-18)15-6-2-1-3-7-15/h1-8,11H,9-10,12-13H2,(H2,23,24,25). The molecule has 0 unspecified atom stereocenters. The number of carbonyl (C=O) groups is 1. The number of benzene rings is 2. The molecule has 25 heavy (non-hydrogen) atoms. The molecule has 1 aliphatic carbocycles. The second kappa shape index (κ2) is 6.78. The van der Waals surface area contributed by atoms with E-state index < -0.39 is 11.7 Å². The van der Waals surface area contributed by atoms with Crippen molar-refractivity contribution in [2.75, 3.05) is 6.54 Å². The molecular weight excluding hydrogens is 329 g/mol. The topological polar surface area (TPSA) is 41.1 Å². The summed E-state index contributed by atoms with van der Waals surface area (Å²) in [6.45, 7) is 0.569. The van der Waals surface area contributed by atoms with Gasteiger partial charge in [-0.3, -0.25) is 0 Å². The highest BCUT2D eigenvalue weighted by Gasteiger charge is 2.44. The van der Waals surface area contributed by atoms with Crippen LogP contribution in [0.3, 0.4) is 0 Å². The Labute approximate surface area is 144 Å². The highest BCUT2D eigenvalue weighted by molar-refractivity contribution is 5.74. The molecular formula is C19H19F3N2O. The number of rotatable bonds is 5. The Morgan fingerprint density at radius 1 is 1.00 bits per heavy atom. The van der Waals surface area contributed by atoms with Gasteiger partial charge in [0.15, 0.2) is 0 Å². The Bertz CT molecular complexity index is 740. The summed E-state index contributed by atoms with van der Waals surface area (Å²) in [6, 6.07) is 14.6. The quantitative estimate of drug-likeness (QED) is 0.834. The van der Waals surface area contributed by atoms with E-state index in [4.69, 9.17) is 0 Å². The van der Waals surface area contributed by atoms with Gasteiger partial charge in [-0.15, -0.1) is 0 Å². The summed E-state index contributed by atoms with van der Waals surface area (Å²) in [4.78, 5) is 12.0. The van der Waals surface area contributed by atoms with Crippen LogP contribution in [0.2, 0.25) is 0 Å². The Kier molecular flexibility index (Phi) is 4.70. The van der Waals surface area contributed by atoms with Gasteiger partial charge in [0, 0.05) is 18.5 Å². The van der Waals surface area contributed by atoms with Crippen molar-refractivity contribution in [2.24, 2.45) is 0 Å². The van der Waals surface area contributed by atoms with Crippen LogP contribution >= 0.6 is 0 Å². The summed E-state index contributed by atoms with van der Waals surface area (Å²) in [6.07, 6.45) is -2.35. The van der Waals surface area contributed by atoms with Crippen molar-refractivity contribution in [3.63, 3.8) is 0 Å². The molecule has 0 aromatic heterocycles. The molecule has 0 heterocycles. The van der Waals surface area contributed by atoms with Crippen molar-refractivity contribution in [1.29, 1.82) is 0 Å². The molecule has 1 saturated carbocycles. The number of carbonyl (C=O) groups excluding carboxylic acids is 1. The van der Waals surface area contributed by atoms with Crippen molar-refractivity contribution in [2.45, 2.75) is 31.0 Å². The predicted molar refractivity (Wildman–Crippen MR) is 89.0 cm³/mol. The van der Waals surface area contributed by atoms with Gasteiger partial charge in [-0.2, -0.15) is 13.2 Å². The van der Waals surface area contributed by atoms with Crippen LogP contribution in [0, 0.1) is 0 Å². The summed E-state index contributed by atoms with van der Waals surface area (Å²) in [5.41, 5.74) is 0.894. The van der Waals surface area contributed by atoms with Gasteiger partial charge in [0.1, 0.15) is 0 Å². The van der Waals surface area contributed by atoms with E-state index in [2.05, 4.69) is 22.8 Å². The van der Waals surface area contributed by atoms with Crippen LogP contribution in [-0.4, -0.2) is 12.6 Å². The fraction of sp³-hybridized carbons (Fsp3) is 0.316. The van der Waals surface area contributed by atoms with Crippen LogP contribution in [0.15, 0.2) is 54.6 Å². The van der Waals surface area contributed by atoms with Gasteiger partial charge in [-0.25, -0.2) is 4.79 Å². The van der Waals surface area contributed by atoms with Crippen molar-refractivity contribution in [1.82, 2.24) is 10.6 Å². The summed E-state index contributed by atoms with van der Waals surface area (Å²) < 4.78 is 38.1. The van der Waals surface area contributed by atoms with Crippen molar-refractivity contribution >= 4 is 6.03 Å². The lowest BCUT2D eigenvalue weighted by atomic mass is 9.96. The minimum Gasteiger partial charge on any atom is -0.337 e. The molecule has 0 aliphatic heterocycles. The average Bonchev–Trinajstić information content (AvgIpc) is 3.40. The second-order valence-electron chi connectivity index (χ2n) is 6.38. The number of halogens is 3. The van der Waals surface area contributed by atoms with Crippen LogP contribution < -0.4 is 10.6 Å². The van der Waals surface area contributed by atoms with E-state index in [1.165, 1.54) is 11.6 Å². The minimum absolute atomic E-state index is 0.00516. The van der Waals surface area contributed by atoms with Crippen LogP contribution in [-0.2, 0) is 18.1 Å². The third-order valence-electron chi connectivity index (χ3n) is 4.53. The van der Waals surface area contributed by atoms with E-state index in [0.717, 1.165) is 25.0 Å². The van der Waals surface area contributed by atoms with Crippen LogP contribution in [0.1, 0.15) is 29.5 Å². The SMILES string of the molecule is O=C(NCc1cccc(C(F)(F)F)c1)NCC1(c2ccccc2)CC1. The summed E-state index contributed by atoms with van der Waals surface area (Å²) >= 11 is 0. The predicted octanol–water partition coefficient (Wildman–Crippen LogP) is 4.24. The molecule has 0 saturated heterocycles. The maximum Gasteiger partial charge on any atom is 0.416 e. The third-order valence-corrected chi connectivity index (χ3v) is 4.53. The van der Waals surface area contributed by atoms with Crippen LogP contribution in [0.25, 0.3) is 0 Å². The van der Waals surface area contributed by atoms with E-state index in [9.17, 15) is 18.0 Å². The zero-order valence-corrected chi connectivity index (χ0v) is 13.6. The number of hydrogen-bond donors (Lipinski definition) is 2. The molecule has 0 atom stereocenters.